The summed E-state index contributed by atoms with van der Waals surface area (Å²) in [6.07, 6.45) is 0.655. The smallest absolute Gasteiger partial charge is 0.193 e. The van der Waals surface area contributed by atoms with E-state index in [1.54, 1.807) is 19.1 Å². The van der Waals surface area contributed by atoms with Gasteiger partial charge in [-0.2, -0.15) is 0 Å². The fourth-order valence-corrected chi connectivity index (χ4v) is 2.06. The molecule has 98 valence electrons. The van der Waals surface area contributed by atoms with Crippen LogP contribution < -0.4 is 5.73 Å². The van der Waals surface area contributed by atoms with E-state index in [9.17, 15) is 9.18 Å². The first-order valence-corrected chi connectivity index (χ1v) is 6.22. The number of ketones is 1. The molecule has 2 rings (SSSR count). The standard InChI is InChI=1S/C16H16FNO/c1-11-10-13(6-7-15(11)17)16(19)14-5-3-2-4-12(14)8-9-18/h2-7,10H,8-9,18H2,1H3. The van der Waals surface area contributed by atoms with Crippen molar-refractivity contribution in [3.05, 3.63) is 70.5 Å². The van der Waals surface area contributed by atoms with Crippen LogP contribution in [0.2, 0.25) is 0 Å². The third-order valence-electron chi connectivity index (χ3n) is 3.10. The maximum Gasteiger partial charge on any atom is 0.193 e. The minimum absolute atomic E-state index is 0.0906. The Morgan fingerprint density at radius 2 is 1.95 bits per heavy atom. The average Bonchev–Trinajstić information content (AvgIpc) is 2.42. The van der Waals surface area contributed by atoms with Crippen LogP contribution in [0.5, 0.6) is 0 Å². The van der Waals surface area contributed by atoms with Crippen LogP contribution in [0.25, 0.3) is 0 Å². The van der Waals surface area contributed by atoms with Gasteiger partial charge in [-0.15, -0.1) is 0 Å². The molecule has 2 aromatic rings. The van der Waals surface area contributed by atoms with Crippen molar-refractivity contribution in [3.63, 3.8) is 0 Å². The van der Waals surface area contributed by atoms with Gasteiger partial charge in [0.25, 0.3) is 0 Å². The molecule has 0 unspecified atom stereocenters. The number of hydrogen-bond acceptors (Lipinski definition) is 2. The summed E-state index contributed by atoms with van der Waals surface area (Å²) in [7, 11) is 0. The molecule has 0 atom stereocenters. The molecule has 0 aliphatic carbocycles. The van der Waals surface area contributed by atoms with E-state index in [2.05, 4.69) is 0 Å². The van der Waals surface area contributed by atoms with Gasteiger partial charge in [0.2, 0.25) is 0 Å². The number of nitrogens with two attached hydrogens (primary N) is 1. The molecule has 0 saturated carbocycles. The first-order valence-electron chi connectivity index (χ1n) is 6.22. The number of halogens is 1. The van der Waals surface area contributed by atoms with Gasteiger partial charge in [-0.1, -0.05) is 24.3 Å². The van der Waals surface area contributed by atoms with Gasteiger partial charge in [0.15, 0.2) is 5.78 Å². The Morgan fingerprint density at radius 3 is 2.63 bits per heavy atom. The van der Waals surface area contributed by atoms with Crippen LogP contribution in [0.15, 0.2) is 42.5 Å². The summed E-state index contributed by atoms with van der Waals surface area (Å²) in [6.45, 7) is 2.14. The molecule has 0 bridgehead atoms. The van der Waals surface area contributed by atoms with Crippen molar-refractivity contribution in [1.29, 1.82) is 0 Å². The van der Waals surface area contributed by atoms with Crippen molar-refractivity contribution in [2.45, 2.75) is 13.3 Å². The molecule has 0 radical (unpaired) electrons. The maximum absolute atomic E-state index is 13.2. The second-order valence-corrected chi connectivity index (χ2v) is 4.49. The highest BCUT2D eigenvalue weighted by molar-refractivity contribution is 6.10. The normalized spacial score (nSPS) is 10.5. The van der Waals surface area contributed by atoms with Crippen molar-refractivity contribution in [3.8, 4) is 0 Å². The van der Waals surface area contributed by atoms with E-state index >= 15 is 0 Å². The van der Waals surface area contributed by atoms with Gasteiger partial charge in [-0.05, 0) is 49.2 Å². The summed E-state index contributed by atoms with van der Waals surface area (Å²) in [5, 5.41) is 0. The second-order valence-electron chi connectivity index (χ2n) is 4.49. The molecular formula is C16H16FNO. The maximum atomic E-state index is 13.2. The number of carbonyl (C=O) groups excluding carboxylic acids is 1. The van der Waals surface area contributed by atoms with Gasteiger partial charge in [0.1, 0.15) is 5.82 Å². The molecule has 0 fully saturated rings. The van der Waals surface area contributed by atoms with Crippen LogP contribution in [-0.2, 0) is 6.42 Å². The topological polar surface area (TPSA) is 43.1 Å². The number of aryl methyl sites for hydroxylation is 1. The van der Waals surface area contributed by atoms with Crippen LogP contribution in [0.3, 0.4) is 0 Å². The zero-order valence-corrected chi connectivity index (χ0v) is 10.8. The largest absolute Gasteiger partial charge is 0.330 e. The highest BCUT2D eigenvalue weighted by Gasteiger charge is 2.13. The van der Waals surface area contributed by atoms with Gasteiger partial charge in [-0.25, -0.2) is 4.39 Å². The van der Waals surface area contributed by atoms with Gasteiger partial charge in [0, 0.05) is 11.1 Å². The van der Waals surface area contributed by atoms with Crippen LogP contribution in [0, 0.1) is 12.7 Å². The van der Waals surface area contributed by atoms with E-state index in [1.165, 1.54) is 12.1 Å². The Kier molecular flexibility index (Phi) is 4.07. The Hall–Kier alpha value is -2.00. The van der Waals surface area contributed by atoms with E-state index in [0.717, 1.165) is 5.56 Å². The quantitative estimate of drug-likeness (QED) is 0.856. The lowest BCUT2D eigenvalue weighted by molar-refractivity contribution is 0.103. The molecule has 0 spiro atoms. The van der Waals surface area contributed by atoms with Gasteiger partial charge >= 0.3 is 0 Å². The SMILES string of the molecule is Cc1cc(C(=O)c2ccccc2CCN)ccc1F. The van der Waals surface area contributed by atoms with Gasteiger partial charge in [0.05, 0.1) is 0 Å². The summed E-state index contributed by atoms with van der Waals surface area (Å²) >= 11 is 0. The fourth-order valence-electron chi connectivity index (χ4n) is 2.06. The van der Waals surface area contributed by atoms with E-state index in [-0.39, 0.29) is 11.6 Å². The summed E-state index contributed by atoms with van der Waals surface area (Å²) < 4.78 is 13.2. The average molecular weight is 257 g/mol. The first-order chi connectivity index (χ1) is 9.13. The number of benzene rings is 2. The monoisotopic (exact) mass is 257 g/mol. The molecule has 0 aliphatic heterocycles. The molecule has 2 aromatic carbocycles. The highest BCUT2D eigenvalue weighted by atomic mass is 19.1. The fraction of sp³-hybridized carbons (Fsp3) is 0.188. The Bertz CT molecular complexity index is 607. The van der Waals surface area contributed by atoms with Crippen molar-refractivity contribution in [2.75, 3.05) is 6.54 Å². The summed E-state index contributed by atoms with van der Waals surface area (Å²) in [5.41, 5.74) is 8.09. The Balaban J connectivity index is 2.41. The van der Waals surface area contributed by atoms with Crippen LogP contribution in [0.1, 0.15) is 27.0 Å². The molecule has 0 heterocycles. The zero-order chi connectivity index (χ0) is 13.8. The third kappa shape index (κ3) is 2.88. The van der Waals surface area contributed by atoms with Crippen molar-refractivity contribution in [2.24, 2.45) is 5.73 Å². The Labute approximate surface area is 112 Å². The van der Waals surface area contributed by atoms with Crippen LogP contribution in [0.4, 0.5) is 4.39 Å². The minimum Gasteiger partial charge on any atom is -0.330 e. The molecule has 2 N–H and O–H groups in total. The molecule has 3 heteroatoms. The summed E-state index contributed by atoms with van der Waals surface area (Å²) in [5.74, 6) is -0.390. The molecule has 0 aliphatic rings. The van der Waals surface area contributed by atoms with E-state index in [4.69, 9.17) is 5.73 Å². The van der Waals surface area contributed by atoms with Gasteiger partial charge < -0.3 is 5.73 Å². The molecule has 0 aromatic heterocycles. The highest BCUT2D eigenvalue weighted by Crippen LogP contribution is 2.17. The lowest BCUT2D eigenvalue weighted by Crippen LogP contribution is -2.10. The van der Waals surface area contributed by atoms with Crippen LogP contribution in [-0.4, -0.2) is 12.3 Å². The predicted molar refractivity (Wildman–Crippen MR) is 73.8 cm³/mol. The number of carbonyl (C=O) groups is 1. The molecule has 2 nitrogen and oxygen atoms in total. The lowest BCUT2D eigenvalue weighted by Gasteiger charge is -2.08. The zero-order valence-electron chi connectivity index (χ0n) is 10.8. The summed E-state index contributed by atoms with van der Waals surface area (Å²) in [6, 6.07) is 11.8. The second kappa shape index (κ2) is 5.76. The first kappa shape index (κ1) is 13.4. The van der Waals surface area contributed by atoms with Crippen molar-refractivity contribution < 1.29 is 9.18 Å². The molecule has 0 saturated heterocycles. The molecule has 19 heavy (non-hydrogen) atoms. The molecular weight excluding hydrogens is 241 g/mol. The lowest BCUT2D eigenvalue weighted by atomic mass is 9.96. The number of hydrogen-bond donors (Lipinski definition) is 1. The minimum atomic E-state index is -0.299. The molecule has 0 amide bonds. The van der Waals surface area contributed by atoms with E-state index < -0.39 is 0 Å². The Morgan fingerprint density at radius 1 is 1.21 bits per heavy atom. The van der Waals surface area contributed by atoms with E-state index in [1.807, 2.05) is 18.2 Å². The van der Waals surface area contributed by atoms with Crippen LogP contribution >= 0.6 is 0 Å². The summed E-state index contributed by atoms with van der Waals surface area (Å²) in [4.78, 5) is 12.4. The number of rotatable bonds is 4. The van der Waals surface area contributed by atoms with Crippen molar-refractivity contribution >= 4 is 5.78 Å². The van der Waals surface area contributed by atoms with Gasteiger partial charge in [-0.3, -0.25) is 4.79 Å². The third-order valence-corrected chi connectivity index (χ3v) is 3.10. The van der Waals surface area contributed by atoms with Crippen molar-refractivity contribution in [1.82, 2.24) is 0 Å². The predicted octanol–water partition coefficient (Wildman–Crippen LogP) is 2.87. The van der Waals surface area contributed by atoms with E-state index in [0.29, 0.717) is 29.7 Å².